The van der Waals surface area contributed by atoms with Gasteiger partial charge in [-0.25, -0.2) is 14.0 Å². The molecule has 0 bridgehead atoms. The van der Waals surface area contributed by atoms with E-state index in [4.69, 9.17) is 0 Å². The Kier molecular flexibility index (Phi) is 9.76. The van der Waals surface area contributed by atoms with Crippen molar-refractivity contribution in [1.82, 2.24) is 14.5 Å². The first kappa shape index (κ1) is 32.7. The van der Waals surface area contributed by atoms with Gasteiger partial charge in [0.1, 0.15) is 17.2 Å². The number of aromatic amines is 1. The zero-order valence-corrected chi connectivity index (χ0v) is 26.5. The summed E-state index contributed by atoms with van der Waals surface area (Å²) in [6.45, 7) is 12.3. The van der Waals surface area contributed by atoms with E-state index in [0.717, 1.165) is 48.7 Å². The van der Waals surface area contributed by atoms with Crippen LogP contribution in [0.1, 0.15) is 54.1 Å². The molecule has 11 nitrogen and oxygen atoms in total. The van der Waals surface area contributed by atoms with Crippen LogP contribution in [0.15, 0.2) is 58.1 Å². The lowest BCUT2D eigenvalue weighted by molar-refractivity contribution is -0.132. The van der Waals surface area contributed by atoms with Crippen LogP contribution in [-0.2, 0) is 11.3 Å². The predicted octanol–water partition coefficient (Wildman–Crippen LogP) is 4.42. The quantitative estimate of drug-likeness (QED) is 0.0709. The number of unbranched alkanes of at least 4 members (excludes halogenated alkanes) is 1. The fourth-order valence-electron chi connectivity index (χ4n) is 5.72. The van der Waals surface area contributed by atoms with Crippen LogP contribution >= 0.6 is 0 Å². The molecule has 5 rings (SSSR count). The highest BCUT2D eigenvalue weighted by atomic mass is 19.1. The summed E-state index contributed by atoms with van der Waals surface area (Å²) in [5.74, 6) is -2.49. The second-order valence-corrected chi connectivity index (χ2v) is 12.3. The first-order valence-corrected chi connectivity index (χ1v) is 15.7. The number of H-pyrrole nitrogens is 1. The van der Waals surface area contributed by atoms with Gasteiger partial charge in [0.05, 0.1) is 5.69 Å². The maximum Gasteiger partial charge on any atom is 0.339 e. The van der Waals surface area contributed by atoms with Crippen LogP contribution in [0.25, 0.3) is 0 Å². The van der Waals surface area contributed by atoms with Gasteiger partial charge < -0.3 is 20.6 Å². The normalized spacial score (nSPS) is 16.7. The van der Waals surface area contributed by atoms with Crippen LogP contribution in [-0.4, -0.2) is 69.6 Å². The van der Waals surface area contributed by atoms with Crippen molar-refractivity contribution < 1.29 is 19.1 Å². The fourth-order valence-corrected chi connectivity index (χ4v) is 5.72. The third kappa shape index (κ3) is 7.56. The van der Waals surface area contributed by atoms with Crippen molar-refractivity contribution in [3.05, 3.63) is 91.9 Å². The molecule has 1 atom stereocenters. The summed E-state index contributed by atoms with van der Waals surface area (Å²) >= 11 is 0. The van der Waals surface area contributed by atoms with Crippen molar-refractivity contribution in [3.8, 4) is 0 Å². The lowest BCUT2D eigenvalue weighted by atomic mass is 10.0. The predicted molar refractivity (Wildman–Crippen MR) is 177 cm³/mol. The minimum absolute atomic E-state index is 0.0302. The molecule has 2 aliphatic rings. The van der Waals surface area contributed by atoms with E-state index in [9.17, 15) is 24.3 Å². The molecule has 1 aromatic heterocycles. The Balaban J connectivity index is 1.16. The number of carbonyl (C=O) groups excluding carboxylic acids is 1. The minimum Gasteiger partial charge on any atom is -0.478 e. The maximum absolute atomic E-state index is 15.4. The minimum atomic E-state index is -1.44. The molecular formula is C34H41FN6O5. The lowest BCUT2D eigenvalue weighted by Gasteiger charge is -2.41. The van der Waals surface area contributed by atoms with E-state index in [2.05, 4.69) is 34.0 Å². The number of Topliss-reactive ketones (excluding diaryl/α,β-unsaturated/α-hetero) is 1. The third-order valence-corrected chi connectivity index (χ3v) is 8.79. The molecular weight excluding hydrogens is 591 g/mol. The number of nitrogens with one attached hydrogen (secondary N) is 3. The molecule has 1 saturated heterocycles. The summed E-state index contributed by atoms with van der Waals surface area (Å²) in [6, 6.07) is 10.2. The highest BCUT2D eigenvalue weighted by Gasteiger charge is 2.30. The molecule has 1 aliphatic carbocycles. The third-order valence-electron chi connectivity index (χ3n) is 8.79. The summed E-state index contributed by atoms with van der Waals surface area (Å²) in [4.78, 5) is 56.5. The van der Waals surface area contributed by atoms with Crippen LogP contribution in [0.5, 0.6) is 0 Å². The number of hydrogen-bond acceptors (Lipinski definition) is 8. The SMILES string of the molecule is C=C(C(=O)O)C(=O)c1cc(F)c(N2CCN(CCCCn3c(=O)cc(Nc4ccc(C)c(C)c4)[nH]c3=O)C(C)C2)cc1NC1CC1. The summed E-state index contributed by atoms with van der Waals surface area (Å²) in [5, 5.41) is 15.6. The van der Waals surface area contributed by atoms with Gasteiger partial charge in [-0.1, -0.05) is 12.6 Å². The Bertz CT molecular complexity index is 1750. The molecule has 12 heteroatoms. The molecule has 1 aliphatic heterocycles. The molecule has 0 spiro atoms. The van der Waals surface area contributed by atoms with E-state index in [1.54, 1.807) is 6.07 Å². The smallest absolute Gasteiger partial charge is 0.339 e. The summed E-state index contributed by atoms with van der Waals surface area (Å²) < 4.78 is 16.6. The Morgan fingerprint density at radius 2 is 1.78 bits per heavy atom. The molecule has 1 saturated carbocycles. The number of piperazine rings is 1. The highest BCUT2D eigenvalue weighted by Crippen LogP contribution is 2.34. The van der Waals surface area contributed by atoms with Crippen LogP contribution in [0.3, 0.4) is 0 Å². The summed E-state index contributed by atoms with van der Waals surface area (Å²) in [5.41, 5.74) is 2.36. The molecule has 1 unspecified atom stereocenters. The number of rotatable bonds is 13. The number of hydrogen-bond donors (Lipinski definition) is 4. The summed E-state index contributed by atoms with van der Waals surface area (Å²) in [6.07, 6.45) is 3.26. The Morgan fingerprint density at radius 1 is 1.04 bits per heavy atom. The average molecular weight is 633 g/mol. The van der Waals surface area contributed by atoms with Crippen molar-refractivity contribution in [1.29, 1.82) is 0 Å². The number of anilines is 4. The van der Waals surface area contributed by atoms with E-state index < -0.39 is 28.8 Å². The number of nitrogens with zero attached hydrogens (tertiary/aromatic N) is 3. The number of ketones is 1. The van der Waals surface area contributed by atoms with Gasteiger partial charge in [0.15, 0.2) is 0 Å². The number of aromatic nitrogens is 2. The largest absolute Gasteiger partial charge is 0.478 e. The molecule has 2 fully saturated rings. The van der Waals surface area contributed by atoms with E-state index >= 15 is 4.39 Å². The van der Waals surface area contributed by atoms with Gasteiger partial charge in [0.2, 0.25) is 5.78 Å². The number of carbonyl (C=O) groups is 2. The number of aliphatic carboxylic acids is 1. The number of carboxylic acid groups (broad SMARTS) is 1. The second-order valence-electron chi connectivity index (χ2n) is 12.3. The lowest BCUT2D eigenvalue weighted by Crippen LogP contribution is -2.52. The van der Waals surface area contributed by atoms with Gasteiger partial charge in [-0.15, -0.1) is 0 Å². The zero-order chi connectivity index (χ0) is 33.1. The zero-order valence-electron chi connectivity index (χ0n) is 26.5. The molecule has 3 aromatic rings. The van der Waals surface area contributed by atoms with E-state index in [-0.39, 0.29) is 23.2 Å². The van der Waals surface area contributed by atoms with Crippen LogP contribution < -0.4 is 26.8 Å². The van der Waals surface area contributed by atoms with Gasteiger partial charge in [-0.2, -0.15) is 0 Å². The van der Waals surface area contributed by atoms with Gasteiger partial charge in [-0.05, 0) is 88.4 Å². The van der Waals surface area contributed by atoms with Crippen molar-refractivity contribution >= 4 is 34.6 Å². The first-order chi connectivity index (χ1) is 21.9. The van der Waals surface area contributed by atoms with Crippen molar-refractivity contribution in [2.75, 3.05) is 41.7 Å². The van der Waals surface area contributed by atoms with Gasteiger partial charge in [-0.3, -0.25) is 24.0 Å². The Hall–Kier alpha value is -4.71. The number of carboxylic acids is 1. The Morgan fingerprint density at radius 3 is 2.43 bits per heavy atom. The van der Waals surface area contributed by atoms with Crippen LogP contribution in [0.4, 0.5) is 27.3 Å². The van der Waals surface area contributed by atoms with E-state index in [1.807, 2.05) is 36.9 Å². The number of aryl methyl sites for hydroxylation is 2. The average Bonchev–Trinajstić information content (AvgIpc) is 3.83. The number of benzene rings is 2. The van der Waals surface area contributed by atoms with Crippen molar-refractivity contribution in [2.45, 2.75) is 65.1 Å². The standard InChI is InChI=1S/C34H41FN6O5/c1-20-7-8-25(15-21(20)2)37-30-18-31(42)41(34(46)38-30)12-6-5-11-39-13-14-40(19-22(39)3)29-17-28(36-24-9-10-24)26(16-27(29)35)32(43)23(4)33(44)45/h7-8,15-18,22,24,36-37H,4-6,9-14,19H2,1-3H3,(H,38,46)(H,44,45). The molecule has 0 radical (unpaired) electrons. The highest BCUT2D eigenvalue weighted by molar-refractivity contribution is 6.25. The molecule has 4 N–H and O–H groups in total. The van der Waals surface area contributed by atoms with Gasteiger partial charge in [0.25, 0.3) is 5.56 Å². The topological polar surface area (TPSA) is 140 Å². The molecule has 2 heterocycles. The van der Waals surface area contributed by atoms with Gasteiger partial charge >= 0.3 is 11.7 Å². The monoisotopic (exact) mass is 632 g/mol. The fraction of sp³-hybridized carbons (Fsp3) is 0.412. The maximum atomic E-state index is 15.4. The second kappa shape index (κ2) is 13.7. The molecule has 0 amide bonds. The van der Waals surface area contributed by atoms with Crippen molar-refractivity contribution in [2.24, 2.45) is 0 Å². The van der Waals surface area contributed by atoms with Gasteiger partial charge in [0, 0.05) is 61.3 Å². The first-order valence-electron chi connectivity index (χ1n) is 15.7. The summed E-state index contributed by atoms with van der Waals surface area (Å²) in [7, 11) is 0. The molecule has 244 valence electrons. The molecule has 46 heavy (non-hydrogen) atoms. The Labute approximate surface area is 266 Å². The van der Waals surface area contributed by atoms with E-state index in [1.165, 1.54) is 10.6 Å². The van der Waals surface area contributed by atoms with E-state index in [0.29, 0.717) is 49.8 Å². The van der Waals surface area contributed by atoms with Crippen molar-refractivity contribution in [3.63, 3.8) is 0 Å². The van der Waals surface area contributed by atoms with Crippen LogP contribution in [0, 0.1) is 19.7 Å². The molecule has 2 aromatic carbocycles. The number of halogens is 1. The van der Waals surface area contributed by atoms with Crippen LogP contribution in [0.2, 0.25) is 0 Å².